The fraction of sp³-hybridized carbons (Fsp3) is 0.0800. The summed E-state index contributed by atoms with van der Waals surface area (Å²) in [6, 6.07) is 15.0. The second-order valence-electron chi connectivity index (χ2n) is 7.75. The number of carboxylic acid groups (broad SMARTS) is 1. The van der Waals surface area contributed by atoms with Crippen LogP contribution in [0.1, 0.15) is 21.6 Å². The Labute approximate surface area is 215 Å². The van der Waals surface area contributed by atoms with E-state index >= 15 is 0 Å². The van der Waals surface area contributed by atoms with Gasteiger partial charge in [-0.15, -0.1) is 5.10 Å². The predicted molar refractivity (Wildman–Crippen MR) is 135 cm³/mol. The lowest BCUT2D eigenvalue weighted by Crippen LogP contribution is -2.44. The summed E-state index contributed by atoms with van der Waals surface area (Å²) in [5, 5.41) is 26.0. The van der Waals surface area contributed by atoms with Crippen LogP contribution in [-0.4, -0.2) is 54.1 Å². The van der Waals surface area contributed by atoms with E-state index in [0.717, 1.165) is 0 Å². The smallest absolute Gasteiger partial charge is 0.335 e. The Morgan fingerprint density at radius 3 is 2.57 bits per heavy atom. The molecule has 3 N–H and O–H groups in total. The van der Waals surface area contributed by atoms with E-state index in [1.54, 1.807) is 48.7 Å². The highest BCUT2D eigenvalue weighted by molar-refractivity contribution is 6.30. The normalized spacial score (nSPS) is 11.7. The number of nitrogens with zero attached hydrogens (tertiary/aromatic N) is 5. The molecule has 186 valence electrons. The summed E-state index contributed by atoms with van der Waals surface area (Å²) in [7, 11) is 0. The van der Waals surface area contributed by atoms with E-state index in [4.69, 9.17) is 16.7 Å². The lowest BCUT2D eigenvalue weighted by Gasteiger charge is -2.17. The first-order valence-corrected chi connectivity index (χ1v) is 11.3. The van der Waals surface area contributed by atoms with Crippen LogP contribution >= 0.6 is 11.6 Å². The lowest BCUT2D eigenvalue weighted by molar-refractivity contribution is -0.123. The Hall–Kier alpha value is -4.90. The van der Waals surface area contributed by atoms with Gasteiger partial charge in [-0.1, -0.05) is 17.7 Å². The molecule has 0 saturated heterocycles. The van der Waals surface area contributed by atoms with Crippen molar-refractivity contribution in [2.75, 3.05) is 5.32 Å². The van der Waals surface area contributed by atoms with Gasteiger partial charge in [-0.3, -0.25) is 14.6 Å². The van der Waals surface area contributed by atoms with Gasteiger partial charge in [-0.2, -0.15) is 4.68 Å². The van der Waals surface area contributed by atoms with E-state index < -0.39 is 23.8 Å². The van der Waals surface area contributed by atoms with Crippen molar-refractivity contribution in [3.05, 3.63) is 101 Å². The highest BCUT2D eigenvalue weighted by Gasteiger charge is 2.21. The molecule has 0 spiro atoms. The molecule has 0 fully saturated rings. The molecule has 2 aromatic heterocycles. The number of tetrazole rings is 1. The second-order valence-corrected chi connectivity index (χ2v) is 8.19. The standard InChI is InChI=1S/C25H20ClN7O4/c26-18-7-10-22(33-15-28-31-32-33)17(13-18)6-11-23(34)30-21(14-20-3-1-2-12-27-20)24(35)29-19-8-4-16(5-9-19)25(36)37/h1-13,15,21H,14H2,(H,29,35)(H,30,34)(H,36,37). The zero-order chi connectivity index (χ0) is 26.2. The number of aromatic nitrogens is 5. The third-order valence-corrected chi connectivity index (χ3v) is 5.41. The van der Waals surface area contributed by atoms with Gasteiger partial charge in [0.15, 0.2) is 0 Å². The maximum Gasteiger partial charge on any atom is 0.335 e. The third kappa shape index (κ3) is 6.83. The van der Waals surface area contributed by atoms with Crippen LogP contribution in [-0.2, 0) is 16.0 Å². The van der Waals surface area contributed by atoms with E-state index in [1.165, 1.54) is 41.4 Å². The maximum atomic E-state index is 13.1. The molecule has 0 aliphatic carbocycles. The molecule has 2 aromatic carbocycles. The Balaban J connectivity index is 1.51. The minimum Gasteiger partial charge on any atom is -0.478 e. The van der Waals surface area contributed by atoms with Crippen LogP contribution in [0.3, 0.4) is 0 Å². The molecule has 0 aliphatic rings. The molecule has 0 bridgehead atoms. The Morgan fingerprint density at radius 1 is 1.08 bits per heavy atom. The number of pyridine rings is 1. The van der Waals surface area contributed by atoms with Gasteiger partial charge in [0.2, 0.25) is 11.8 Å². The molecule has 0 saturated carbocycles. The van der Waals surface area contributed by atoms with Crippen LogP contribution in [0.15, 0.2) is 79.3 Å². The molecule has 4 rings (SSSR count). The molecule has 1 atom stereocenters. The summed E-state index contributed by atoms with van der Waals surface area (Å²) in [6.45, 7) is 0. The van der Waals surface area contributed by atoms with Gasteiger partial charge >= 0.3 is 5.97 Å². The summed E-state index contributed by atoms with van der Waals surface area (Å²) in [4.78, 5) is 41.2. The fourth-order valence-electron chi connectivity index (χ4n) is 3.39. The van der Waals surface area contributed by atoms with Crippen molar-refractivity contribution < 1.29 is 19.5 Å². The molecule has 4 aromatic rings. The summed E-state index contributed by atoms with van der Waals surface area (Å²) in [5.74, 6) is -2.10. The molecule has 37 heavy (non-hydrogen) atoms. The van der Waals surface area contributed by atoms with Gasteiger partial charge in [-0.05, 0) is 71.1 Å². The minimum absolute atomic E-state index is 0.0866. The van der Waals surface area contributed by atoms with Gasteiger partial charge in [0.05, 0.1) is 11.3 Å². The molecule has 2 heterocycles. The largest absolute Gasteiger partial charge is 0.478 e. The Bertz CT molecular complexity index is 1430. The van der Waals surface area contributed by atoms with E-state index in [2.05, 4.69) is 31.1 Å². The number of carboxylic acids is 1. The van der Waals surface area contributed by atoms with Gasteiger partial charge in [0.25, 0.3) is 0 Å². The van der Waals surface area contributed by atoms with E-state index in [1.807, 2.05) is 0 Å². The number of carbonyl (C=O) groups is 3. The zero-order valence-corrected chi connectivity index (χ0v) is 19.9. The number of amides is 2. The van der Waals surface area contributed by atoms with E-state index in [-0.39, 0.29) is 12.0 Å². The van der Waals surface area contributed by atoms with Crippen molar-refractivity contribution in [1.82, 2.24) is 30.5 Å². The lowest BCUT2D eigenvalue weighted by atomic mass is 10.1. The molecular formula is C25H20ClN7O4. The highest BCUT2D eigenvalue weighted by atomic mass is 35.5. The van der Waals surface area contributed by atoms with Crippen LogP contribution in [0.4, 0.5) is 5.69 Å². The van der Waals surface area contributed by atoms with Gasteiger partial charge in [0.1, 0.15) is 12.4 Å². The average Bonchev–Trinajstić information content (AvgIpc) is 3.43. The van der Waals surface area contributed by atoms with Gasteiger partial charge < -0.3 is 15.7 Å². The SMILES string of the molecule is O=C(C=Cc1cc(Cl)ccc1-n1cnnn1)NC(Cc1ccccn1)C(=O)Nc1ccc(C(=O)O)cc1. The quantitative estimate of drug-likeness (QED) is 0.286. The van der Waals surface area contributed by atoms with E-state index in [9.17, 15) is 14.4 Å². The number of hydrogen-bond donors (Lipinski definition) is 3. The average molecular weight is 518 g/mol. The number of aromatic carboxylic acids is 1. The molecule has 0 aliphatic heterocycles. The maximum absolute atomic E-state index is 13.1. The minimum atomic E-state index is -1.08. The monoisotopic (exact) mass is 517 g/mol. The molecule has 1 unspecified atom stereocenters. The molecule has 2 amide bonds. The molecule has 12 heteroatoms. The number of benzene rings is 2. The second kappa shape index (κ2) is 11.7. The van der Waals surface area contributed by atoms with Crippen LogP contribution in [0.25, 0.3) is 11.8 Å². The first-order chi connectivity index (χ1) is 17.9. The van der Waals surface area contributed by atoms with Gasteiger partial charge in [-0.25, -0.2) is 4.79 Å². The number of halogens is 1. The van der Waals surface area contributed by atoms with Crippen LogP contribution in [0.2, 0.25) is 5.02 Å². The summed E-state index contributed by atoms with van der Waals surface area (Å²) in [6.07, 6.45) is 5.96. The number of hydrogen-bond acceptors (Lipinski definition) is 7. The topological polar surface area (TPSA) is 152 Å². The summed E-state index contributed by atoms with van der Waals surface area (Å²) < 4.78 is 1.43. The van der Waals surface area contributed by atoms with Crippen LogP contribution in [0, 0.1) is 0 Å². The third-order valence-electron chi connectivity index (χ3n) is 5.17. The van der Waals surface area contributed by atoms with Crippen LogP contribution < -0.4 is 10.6 Å². The number of carbonyl (C=O) groups excluding carboxylic acids is 2. The Kier molecular flexibility index (Phi) is 7.96. The Morgan fingerprint density at radius 2 is 1.89 bits per heavy atom. The predicted octanol–water partition coefficient (Wildman–Crippen LogP) is 2.79. The van der Waals surface area contributed by atoms with Gasteiger partial charge in [0, 0.05) is 40.7 Å². The van der Waals surface area contributed by atoms with Crippen molar-refractivity contribution in [3.63, 3.8) is 0 Å². The molecule has 0 radical (unpaired) electrons. The van der Waals surface area contributed by atoms with E-state index in [0.29, 0.717) is 27.7 Å². The fourth-order valence-corrected chi connectivity index (χ4v) is 3.57. The number of anilines is 1. The van der Waals surface area contributed by atoms with Crippen molar-refractivity contribution in [2.45, 2.75) is 12.5 Å². The van der Waals surface area contributed by atoms with Crippen molar-refractivity contribution in [1.29, 1.82) is 0 Å². The first-order valence-electron chi connectivity index (χ1n) is 10.9. The van der Waals surface area contributed by atoms with Crippen molar-refractivity contribution in [3.8, 4) is 5.69 Å². The zero-order valence-electron chi connectivity index (χ0n) is 19.2. The summed E-state index contributed by atoms with van der Waals surface area (Å²) >= 11 is 6.13. The van der Waals surface area contributed by atoms with Crippen LogP contribution in [0.5, 0.6) is 0 Å². The highest BCUT2D eigenvalue weighted by Crippen LogP contribution is 2.20. The first kappa shape index (κ1) is 25.2. The number of rotatable bonds is 9. The van der Waals surface area contributed by atoms with Crippen molar-refractivity contribution in [2.24, 2.45) is 0 Å². The van der Waals surface area contributed by atoms with Crippen molar-refractivity contribution >= 4 is 41.1 Å². The summed E-state index contributed by atoms with van der Waals surface area (Å²) in [5.41, 5.74) is 2.26. The molecule has 11 nitrogen and oxygen atoms in total. The molecular weight excluding hydrogens is 498 g/mol. The number of nitrogens with one attached hydrogen (secondary N) is 2.